The maximum absolute atomic E-state index is 10.4. The van der Waals surface area contributed by atoms with Crippen LogP contribution in [0.25, 0.3) is 0 Å². The first kappa shape index (κ1) is 18.7. The van der Waals surface area contributed by atoms with Gasteiger partial charge in [0.15, 0.2) is 5.44 Å². The molecule has 0 aliphatic heterocycles. The minimum absolute atomic E-state index is 0. The van der Waals surface area contributed by atoms with Crippen molar-refractivity contribution < 1.29 is 47.6 Å². The molecule has 0 amide bonds. The molecule has 4 nitrogen and oxygen atoms in total. The molecule has 0 aliphatic carbocycles. The van der Waals surface area contributed by atoms with Crippen molar-refractivity contribution in [3.05, 3.63) is 23.3 Å². The molecule has 0 saturated carbocycles. The van der Waals surface area contributed by atoms with Crippen LogP contribution in [-0.4, -0.2) is 23.5 Å². The summed E-state index contributed by atoms with van der Waals surface area (Å²) in [5.74, 6) is 0. The minimum Gasteiger partial charge on any atom is -0.746 e. The molecular weight excluding hydrogens is 239 g/mol. The van der Waals surface area contributed by atoms with Crippen LogP contribution in [0.15, 0.2) is 23.3 Å². The topological polar surface area (TPSA) is 77.4 Å². The van der Waals surface area contributed by atoms with E-state index in [1.165, 1.54) is 5.57 Å². The standard InChI is InChI=1S/C10H18O4S.Na/c1-8(2)5-4-6-9(3)7-10(11)15(12,13)14;/h5,7,10-11H,4,6H2,1-3H3,(H,12,13,14);/q;+1/p-1. The van der Waals surface area contributed by atoms with Crippen LogP contribution in [0, 0.1) is 0 Å². The van der Waals surface area contributed by atoms with Gasteiger partial charge in [-0.3, -0.25) is 0 Å². The predicted molar refractivity (Wildman–Crippen MR) is 58.1 cm³/mol. The summed E-state index contributed by atoms with van der Waals surface area (Å²) in [4.78, 5) is 0. The van der Waals surface area contributed by atoms with E-state index in [0.29, 0.717) is 12.0 Å². The molecule has 0 aliphatic rings. The number of hydrogen-bond acceptors (Lipinski definition) is 4. The second-order valence-corrected chi connectivity index (χ2v) is 5.19. The first-order valence-corrected chi connectivity index (χ1v) is 6.14. The zero-order chi connectivity index (χ0) is 12.1. The van der Waals surface area contributed by atoms with Crippen LogP contribution in [0.2, 0.25) is 0 Å². The van der Waals surface area contributed by atoms with E-state index in [-0.39, 0.29) is 29.6 Å². The summed E-state index contributed by atoms with van der Waals surface area (Å²) < 4.78 is 31.2. The van der Waals surface area contributed by atoms with E-state index in [1.54, 1.807) is 6.92 Å². The van der Waals surface area contributed by atoms with Crippen molar-refractivity contribution in [3.63, 3.8) is 0 Å². The molecule has 6 heteroatoms. The van der Waals surface area contributed by atoms with Crippen LogP contribution < -0.4 is 29.6 Å². The zero-order valence-corrected chi connectivity index (χ0v) is 13.0. The Morgan fingerprint density at radius 2 is 1.88 bits per heavy atom. The summed E-state index contributed by atoms with van der Waals surface area (Å²) in [6.45, 7) is 5.62. The summed E-state index contributed by atoms with van der Waals surface area (Å²) >= 11 is 0. The van der Waals surface area contributed by atoms with Crippen molar-refractivity contribution in [1.29, 1.82) is 0 Å². The second-order valence-electron chi connectivity index (χ2n) is 3.72. The third-order valence-electron chi connectivity index (χ3n) is 1.81. The normalized spacial score (nSPS) is 13.9. The van der Waals surface area contributed by atoms with Gasteiger partial charge in [-0.1, -0.05) is 17.2 Å². The Labute approximate surface area is 119 Å². The van der Waals surface area contributed by atoms with E-state index in [2.05, 4.69) is 0 Å². The van der Waals surface area contributed by atoms with Crippen LogP contribution in [0.1, 0.15) is 33.6 Å². The van der Waals surface area contributed by atoms with Gasteiger partial charge in [0.05, 0.1) is 0 Å². The molecule has 0 aromatic carbocycles. The smallest absolute Gasteiger partial charge is 0.746 e. The Bertz CT molecular complexity index is 353. The summed E-state index contributed by atoms with van der Waals surface area (Å²) in [5.41, 5.74) is -0.0524. The van der Waals surface area contributed by atoms with Crippen LogP contribution in [0.3, 0.4) is 0 Å². The number of hydrogen-bond donors (Lipinski definition) is 1. The first-order valence-electron chi connectivity index (χ1n) is 4.67. The molecule has 0 aromatic heterocycles. The van der Waals surface area contributed by atoms with Crippen LogP contribution in [0.5, 0.6) is 0 Å². The molecule has 0 bridgehead atoms. The summed E-state index contributed by atoms with van der Waals surface area (Å²) in [7, 11) is -4.63. The molecule has 1 atom stereocenters. The minimum atomic E-state index is -4.63. The van der Waals surface area contributed by atoms with Gasteiger partial charge >= 0.3 is 29.6 Å². The second kappa shape index (κ2) is 8.44. The molecule has 0 aromatic rings. The molecule has 0 rings (SSSR count). The fourth-order valence-electron chi connectivity index (χ4n) is 0.999. The average molecular weight is 256 g/mol. The monoisotopic (exact) mass is 256 g/mol. The number of aliphatic hydroxyl groups excluding tert-OH is 1. The van der Waals surface area contributed by atoms with E-state index >= 15 is 0 Å². The van der Waals surface area contributed by atoms with Gasteiger partial charge in [0.25, 0.3) is 0 Å². The summed E-state index contributed by atoms with van der Waals surface area (Å²) in [5, 5.41) is 8.97. The number of rotatable bonds is 5. The Balaban J connectivity index is 0. The van der Waals surface area contributed by atoms with Gasteiger partial charge in [-0.05, 0) is 39.7 Å². The molecule has 88 valence electrons. The Morgan fingerprint density at radius 1 is 1.38 bits per heavy atom. The molecule has 0 saturated heterocycles. The van der Waals surface area contributed by atoms with Crippen LogP contribution in [-0.2, 0) is 10.1 Å². The van der Waals surface area contributed by atoms with Gasteiger partial charge in [-0.15, -0.1) is 0 Å². The third-order valence-corrected chi connectivity index (χ3v) is 2.54. The fourth-order valence-corrected chi connectivity index (χ4v) is 1.40. The molecule has 1 N–H and O–H groups in total. The number of aliphatic hydroxyl groups is 1. The first-order chi connectivity index (χ1) is 6.73. The molecule has 1 unspecified atom stereocenters. The fraction of sp³-hybridized carbons (Fsp3) is 0.600. The van der Waals surface area contributed by atoms with Crippen molar-refractivity contribution in [2.45, 2.75) is 39.0 Å². The van der Waals surface area contributed by atoms with E-state index in [4.69, 9.17) is 5.11 Å². The van der Waals surface area contributed by atoms with Gasteiger partial charge in [0, 0.05) is 0 Å². The zero-order valence-electron chi connectivity index (χ0n) is 10.2. The van der Waals surface area contributed by atoms with Gasteiger partial charge in [-0.25, -0.2) is 8.42 Å². The van der Waals surface area contributed by atoms with Crippen LogP contribution >= 0.6 is 0 Å². The van der Waals surface area contributed by atoms with Crippen molar-refractivity contribution in [2.24, 2.45) is 0 Å². The predicted octanol–water partition coefficient (Wildman–Crippen LogP) is -1.45. The summed E-state index contributed by atoms with van der Waals surface area (Å²) in [6.07, 6.45) is 4.50. The quantitative estimate of drug-likeness (QED) is 0.371. The Kier molecular flexibility index (Phi) is 9.87. The van der Waals surface area contributed by atoms with E-state index in [0.717, 1.165) is 12.5 Å². The van der Waals surface area contributed by atoms with Crippen molar-refractivity contribution in [1.82, 2.24) is 0 Å². The van der Waals surface area contributed by atoms with E-state index in [9.17, 15) is 13.0 Å². The van der Waals surface area contributed by atoms with Crippen molar-refractivity contribution in [3.8, 4) is 0 Å². The van der Waals surface area contributed by atoms with E-state index in [1.807, 2.05) is 19.9 Å². The largest absolute Gasteiger partial charge is 1.00 e. The third kappa shape index (κ3) is 9.57. The molecule has 0 fully saturated rings. The van der Waals surface area contributed by atoms with Crippen molar-refractivity contribution >= 4 is 10.1 Å². The average Bonchev–Trinajstić information content (AvgIpc) is 2.01. The molecule has 0 heterocycles. The van der Waals surface area contributed by atoms with Crippen LogP contribution in [0.4, 0.5) is 0 Å². The van der Waals surface area contributed by atoms with Gasteiger partial charge < -0.3 is 9.66 Å². The maximum atomic E-state index is 10.4. The van der Waals surface area contributed by atoms with Gasteiger partial charge in [0.1, 0.15) is 10.1 Å². The van der Waals surface area contributed by atoms with Gasteiger partial charge in [-0.2, -0.15) is 0 Å². The number of allylic oxidation sites excluding steroid dienone is 3. The molecule has 0 spiro atoms. The SMILES string of the molecule is CC(C)=CCCC(C)=CC(O)S(=O)(=O)[O-].[Na+]. The van der Waals surface area contributed by atoms with Gasteiger partial charge in [0.2, 0.25) is 0 Å². The summed E-state index contributed by atoms with van der Waals surface area (Å²) in [6, 6.07) is 0. The molecule has 0 radical (unpaired) electrons. The molecular formula is C10H17NaO4S. The van der Waals surface area contributed by atoms with E-state index < -0.39 is 15.6 Å². The van der Waals surface area contributed by atoms with Crippen molar-refractivity contribution in [2.75, 3.05) is 0 Å². The Morgan fingerprint density at radius 3 is 2.25 bits per heavy atom. The maximum Gasteiger partial charge on any atom is 1.00 e. The Hall–Kier alpha value is 0.350. The molecule has 16 heavy (non-hydrogen) atoms.